The standard InChI is InChI=1S/C21H24F3NO3S/c1-4-6-19(14(2)26)25-20(21(22,23)24)16-11-9-15(10-12-16)17-7-5-8-18(13-17)29(3,27)28/h5,7-13,19-20,25H,4,6H2,1-3H3/t19?,20-/m0/s1. The molecule has 8 heteroatoms. The molecule has 0 aliphatic heterocycles. The lowest BCUT2D eigenvalue weighted by atomic mass is 9.98. The zero-order valence-electron chi connectivity index (χ0n) is 16.5. The largest absolute Gasteiger partial charge is 0.407 e. The third kappa shape index (κ3) is 6.14. The lowest BCUT2D eigenvalue weighted by Crippen LogP contribution is -2.43. The van der Waals surface area contributed by atoms with E-state index in [9.17, 15) is 26.4 Å². The van der Waals surface area contributed by atoms with Crippen LogP contribution in [-0.2, 0) is 14.6 Å². The van der Waals surface area contributed by atoms with Crippen LogP contribution in [0.4, 0.5) is 13.2 Å². The smallest absolute Gasteiger partial charge is 0.298 e. The fourth-order valence-electron chi connectivity index (χ4n) is 3.05. The number of benzene rings is 2. The van der Waals surface area contributed by atoms with Crippen molar-refractivity contribution in [1.29, 1.82) is 0 Å². The topological polar surface area (TPSA) is 63.2 Å². The van der Waals surface area contributed by atoms with E-state index in [4.69, 9.17) is 0 Å². The van der Waals surface area contributed by atoms with E-state index in [0.29, 0.717) is 24.0 Å². The average Bonchev–Trinajstić information content (AvgIpc) is 2.63. The van der Waals surface area contributed by atoms with Crippen molar-refractivity contribution in [3.05, 3.63) is 54.1 Å². The predicted molar refractivity (Wildman–Crippen MR) is 106 cm³/mol. The van der Waals surface area contributed by atoms with E-state index in [1.54, 1.807) is 19.1 Å². The molecular weight excluding hydrogens is 403 g/mol. The van der Waals surface area contributed by atoms with E-state index in [-0.39, 0.29) is 16.2 Å². The van der Waals surface area contributed by atoms with Gasteiger partial charge in [-0.05, 0) is 42.2 Å². The molecule has 0 spiro atoms. The summed E-state index contributed by atoms with van der Waals surface area (Å²) in [6.45, 7) is 3.08. The minimum Gasteiger partial charge on any atom is -0.298 e. The molecule has 1 unspecified atom stereocenters. The summed E-state index contributed by atoms with van der Waals surface area (Å²) in [5.74, 6) is -0.338. The Balaban J connectivity index is 2.36. The van der Waals surface area contributed by atoms with Crippen molar-refractivity contribution < 1.29 is 26.4 Å². The van der Waals surface area contributed by atoms with Crippen LogP contribution in [0.25, 0.3) is 11.1 Å². The highest BCUT2D eigenvalue weighted by Crippen LogP contribution is 2.34. The molecule has 0 aliphatic rings. The quantitative estimate of drug-likeness (QED) is 0.663. The van der Waals surface area contributed by atoms with Gasteiger partial charge in [-0.15, -0.1) is 0 Å². The van der Waals surface area contributed by atoms with Gasteiger partial charge in [0.25, 0.3) is 0 Å². The molecule has 2 atom stereocenters. The minimum atomic E-state index is -4.57. The van der Waals surface area contributed by atoms with Gasteiger partial charge in [-0.3, -0.25) is 10.1 Å². The highest BCUT2D eigenvalue weighted by Gasteiger charge is 2.42. The summed E-state index contributed by atoms with van der Waals surface area (Å²) in [6.07, 6.45) is -2.58. The van der Waals surface area contributed by atoms with Gasteiger partial charge >= 0.3 is 6.18 Å². The molecule has 0 saturated carbocycles. The van der Waals surface area contributed by atoms with E-state index in [1.807, 2.05) is 0 Å². The SMILES string of the molecule is CCCC(N[C@@H](c1ccc(-c2cccc(S(C)(=O)=O)c2)cc1)C(F)(F)F)C(C)=O. The maximum Gasteiger partial charge on any atom is 0.407 e. The van der Waals surface area contributed by atoms with Crippen molar-refractivity contribution in [3.8, 4) is 11.1 Å². The average molecular weight is 427 g/mol. The van der Waals surface area contributed by atoms with Crippen LogP contribution in [0.5, 0.6) is 0 Å². The van der Waals surface area contributed by atoms with Gasteiger partial charge in [0.2, 0.25) is 0 Å². The zero-order chi connectivity index (χ0) is 21.8. The van der Waals surface area contributed by atoms with Crippen molar-refractivity contribution in [2.24, 2.45) is 0 Å². The number of carbonyl (C=O) groups is 1. The van der Waals surface area contributed by atoms with Crippen LogP contribution in [0.3, 0.4) is 0 Å². The first-order chi connectivity index (χ1) is 13.4. The fraction of sp³-hybridized carbons (Fsp3) is 0.381. The molecule has 158 valence electrons. The van der Waals surface area contributed by atoms with Crippen molar-refractivity contribution >= 4 is 15.6 Å². The van der Waals surface area contributed by atoms with Crippen molar-refractivity contribution in [2.75, 3.05) is 6.26 Å². The lowest BCUT2D eigenvalue weighted by molar-refractivity contribution is -0.160. The summed E-state index contributed by atoms with van der Waals surface area (Å²) in [7, 11) is -3.39. The van der Waals surface area contributed by atoms with Crippen molar-refractivity contribution in [3.63, 3.8) is 0 Å². The summed E-state index contributed by atoms with van der Waals surface area (Å²) in [5.41, 5.74) is 1.17. The Bertz CT molecular complexity index is 954. The zero-order valence-corrected chi connectivity index (χ0v) is 17.3. The first-order valence-electron chi connectivity index (χ1n) is 9.17. The van der Waals surface area contributed by atoms with Crippen molar-refractivity contribution in [1.82, 2.24) is 5.32 Å². The Kier molecular flexibility index (Phi) is 7.24. The maximum absolute atomic E-state index is 13.6. The molecule has 2 aromatic carbocycles. The van der Waals surface area contributed by atoms with Crippen LogP contribution in [-0.4, -0.2) is 32.7 Å². The van der Waals surface area contributed by atoms with Crippen LogP contribution < -0.4 is 5.32 Å². The highest BCUT2D eigenvalue weighted by molar-refractivity contribution is 7.90. The van der Waals surface area contributed by atoms with E-state index in [2.05, 4.69) is 5.32 Å². The van der Waals surface area contributed by atoms with Gasteiger partial charge in [-0.1, -0.05) is 49.7 Å². The molecular formula is C21H24F3NO3S. The van der Waals surface area contributed by atoms with Crippen molar-refractivity contribution in [2.45, 2.75) is 49.8 Å². The molecule has 0 fully saturated rings. The summed E-state index contributed by atoms with van der Waals surface area (Å²) < 4.78 is 64.4. The first kappa shape index (κ1) is 23.1. The summed E-state index contributed by atoms with van der Waals surface area (Å²) in [5, 5.41) is 2.45. The molecule has 2 rings (SSSR count). The van der Waals surface area contributed by atoms with E-state index >= 15 is 0 Å². The number of Topliss-reactive ketones (excluding diaryl/α,β-unsaturated/α-hetero) is 1. The number of ketones is 1. The molecule has 2 aromatic rings. The molecule has 4 nitrogen and oxygen atoms in total. The molecule has 1 N–H and O–H groups in total. The first-order valence-corrected chi connectivity index (χ1v) is 11.1. The molecule has 0 aliphatic carbocycles. The summed E-state index contributed by atoms with van der Waals surface area (Å²) in [6, 6.07) is 9.09. The van der Waals surface area contributed by atoms with Gasteiger partial charge in [-0.25, -0.2) is 8.42 Å². The minimum absolute atomic E-state index is 0.0112. The Morgan fingerprint density at radius 2 is 1.69 bits per heavy atom. The summed E-state index contributed by atoms with van der Waals surface area (Å²) in [4.78, 5) is 11.8. The van der Waals surface area contributed by atoms with Gasteiger partial charge in [0, 0.05) is 6.26 Å². The van der Waals surface area contributed by atoms with E-state index in [0.717, 1.165) is 6.26 Å². The Morgan fingerprint density at radius 3 is 2.17 bits per heavy atom. The monoisotopic (exact) mass is 427 g/mol. The van der Waals surface area contributed by atoms with Crippen LogP contribution in [0, 0.1) is 0 Å². The molecule has 0 radical (unpaired) electrons. The van der Waals surface area contributed by atoms with Crippen LogP contribution in [0.1, 0.15) is 38.3 Å². The van der Waals surface area contributed by atoms with Gasteiger partial charge in [0.05, 0.1) is 10.9 Å². The number of hydrogen-bond donors (Lipinski definition) is 1. The van der Waals surface area contributed by atoms with Gasteiger partial charge in [0.1, 0.15) is 11.8 Å². The number of carbonyl (C=O) groups excluding carboxylic acids is 1. The highest BCUT2D eigenvalue weighted by atomic mass is 32.2. The molecule has 0 saturated heterocycles. The number of hydrogen-bond acceptors (Lipinski definition) is 4. The Labute approximate surface area is 169 Å². The molecule has 0 amide bonds. The number of rotatable bonds is 8. The van der Waals surface area contributed by atoms with Gasteiger partial charge < -0.3 is 0 Å². The third-order valence-corrected chi connectivity index (χ3v) is 5.71. The number of halogens is 3. The fourth-order valence-corrected chi connectivity index (χ4v) is 3.71. The van der Waals surface area contributed by atoms with E-state index < -0.39 is 28.1 Å². The van der Waals surface area contributed by atoms with Crippen LogP contribution in [0.2, 0.25) is 0 Å². The normalized spacial score (nSPS) is 14.4. The van der Waals surface area contributed by atoms with Crippen LogP contribution in [0.15, 0.2) is 53.4 Å². The second-order valence-electron chi connectivity index (χ2n) is 7.02. The third-order valence-electron chi connectivity index (χ3n) is 4.60. The second-order valence-corrected chi connectivity index (χ2v) is 9.03. The predicted octanol–water partition coefficient (Wildman–Crippen LogP) is 4.71. The molecule has 0 heterocycles. The maximum atomic E-state index is 13.6. The number of sulfone groups is 1. The molecule has 0 aromatic heterocycles. The number of nitrogens with one attached hydrogen (secondary N) is 1. The van der Waals surface area contributed by atoms with E-state index in [1.165, 1.54) is 43.3 Å². The molecule has 0 bridgehead atoms. The summed E-state index contributed by atoms with van der Waals surface area (Å²) >= 11 is 0. The van der Waals surface area contributed by atoms with Gasteiger partial charge in [-0.2, -0.15) is 13.2 Å². The molecule has 29 heavy (non-hydrogen) atoms. The second kappa shape index (κ2) is 9.09. The van der Waals surface area contributed by atoms with Crippen LogP contribution >= 0.6 is 0 Å². The lowest BCUT2D eigenvalue weighted by Gasteiger charge is -2.26. The Hall–Kier alpha value is -2.19. The van der Waals surface area contributed by atoms with Gasteiger partial charge in [0.15, 0.2) is 9.84 Å². The Morgan fingerprint density at radius 1 is 1.07 bits per heavy atom. The number of alkyl halides is 3.